The molecule has 1 N–H and O–H groups in total. The van der Waals surface area contributed by atoms with Crippen molar-refractivity contribution in [2.24, 2.45) is 0 Å². The maximum atomic E-state index is 13.7. The second kappa shape index (κ2) is 5.99. The molecule has 0 aliphatic rings. The summed E-state index contributed by atoms with van der Waals surface area (Å²) in [6.45, 7) is 0. The maximum absolute atomic E-state index is 13.7. The molecule has 3 rings (SSSR count). The second-order valence-electron chi connectivity index (χ2n) is 4.52. The number of carbonyl (C=O) groups is 1. The highest BCUT2D eigenvalue weighted by Crippen LogP contribution is 2.28. The lowest BCUT2D eigenvalue weighted by Gasteiger charge is -2.13. The van der Waals surface area contributed by atoms with Crippen molar-refractivity contribution in [3.8, 4) is 5.69 Å². The summed E-state index contributed by atoms with van der Waals surface area (Å²) in [5.74, 6) is -1.13. The first-order chi connectivity index (χ1) is 10.7. The van der Waals surface area contributed by atoms with Gasteiger partial charge in [0, 0.05) is 12.4 Å². The molecule has 1 amide bonds. The van der Waals surface area contributed by atoms with Gasteiger partial charge in [-0.2, -0.15) is 5.10 Å². The molecule has 1 heterocycles. The molecule has 3 aromatic rings. The van der Waals surface area contributed by atoms with Gasteiger partial charge in [-0.15, -0.1) is 0 Å². The molecule has 0 unspecified atom stereocenters. The van der Waals surface area contributed by atoms with E-state index >= 15 is 0 Å². The van der Waals surface area contributed by atoms with E-state index < -0.39 is 11.7 Å². The fourth-order valence-corrected chi connectivity index (χ4v) is 2.35. The van der Waals surface area contributed by atoms with Gasteiger partial charge in [-0.25, -0.2) is 9.07 Å². The Labute approximate surface area is 131 Å². The lowest BCUT2D eigenvalue weighted by atomic mass is 10.2. The third kappa shape index (κ3) is 2.71. The molecule has 1 aromatic heterocycles. The Bertz CT molecular complexity index is 818. The summed E-state index contributed by atoms with van der Waals surface area (Å²) in [7, 11) is 0. The van der Waals surface area contributed by atoms with Gasteiger partial charge in [-0.1, -0.05) is 29.8 Å². The highest BCUT2D eigenvalue weighted by atomic mass is 35.5. The van der Waals surface area contributed by atoms with Gasteiger partial charge in [0.1, 0.15) is 11.5 Å². The van der Waals surface area contributed by atoms with Gasteiger partial charge < -0.3 is 5.32 Å². The van der Waals surface area contributed by atoms with E-state index in [0.717, 1.165) is 0 Å². The van der Waals surface area contributed by atoms with Gasteiger partial charge in [0.25, 0.3) is 5.91 Å². The van der Waals surface area contributed by atoms with Crippen LogP contribution >= 0.6 is 11.6 Å². The lowest BCUT2D eigenvalue weighted by molar-refractivity contribution is 0.102. The van der Waals surface area contributed by atoms with Gasteiger partial charge in [0.15, 0.2) is 0 Å². The van der Waals surface area contributed by atoms with Gasteiger partial charge >= 0.3 is 0 Å². The number of nitrogens with zero attached hydrogens (tertiary/aromatic N) is 2. The van der Waals surface area contributed by atoms with Crippen molar-refractivity contribution in [3.63, 3.8) is 0 Å². The first-order valence-corrected chi connectivity index (χ1v) is 6.89. The number of para-hydroxylation sites is 1. The van der Waals surface area contributed by atoms with E-state index in [0.29, 0.717) is 16.4 Å². The van der Waals surface area contributed by atoms with Crippen molar-refractivity contribution in [1.29, 1.82) is 0 Å². The predicted octanol–water partition coefficient (Wildman–Crippen LogP) is 3.92. The van der Waals surface area contributed by atoms with Crippen molar-refractivity contribution < 1.29 is 9.18 Å². The van der Waals surface area contributed by atoms with E-state index in [1.165, 1.54) is 18.2 Å². The van der Waals surface area contributed by atoms with E-state index in [1.54, 1.807) is 47.4 Å². The summed E-state index contributed by atoms with van der Waals surface area (Å²) in [6, 6.07) is 12.6. The zero-order chi connectivity index (χ0) is 15.5. The highest BCUT2D eigenvalue weighted by Gasteiger charge is 2.15. The molecule has 0 radical (unpaired) electrons. The first kappa shape index (κ1) is 14.3. The average Bonchev–Trinajstić information content (AvgIpc) is 3.01. The van der Waals surface area contributed by atoms with Gasteiger partial charge in [-0.3, -0.25) is 4.79 Å². The van der Waals surface area contributed by atoms with Crippen LogP contribution in [0.4, 0.5) is 10.1 Å². The normalized spacial score (nSPS) is 10.5. The quantitative estimate of drug-likeness (QED) is 0.796. The number of benzene rings is 2. The minimum absolute atomic E-state index is 0.0334. The Hall–Kier alpha value is -2.66. The summed E-state index contributed by atoms with van der Waals surface area (Å²) in [6.07, 6.45) is 3.31. The monoisotopic (exact) mass is 315 g/mol. The number of hydrogen-bond donors (Lipinski definition) is 1. The Morgan fingerprint density at radius 2 is 1.95 bits per heavy atom. The molecular formula is C16H11ClFN3O. The predicted molar refractivity (Wildman–Crippen MR) is 82.9 cm³/mol. The molecule has 2 aromatic carbocycles. The van der Waals surface area contributed by atoms with Crippen molar-refractivity contribution in [3.05, 3.63) is 77.3 Å². The molecule has 0 spiro atoms. The fraction of sp³-hybridized carbons (Fsp3) is 0. The van der Waals surface area contributed by atoms with E-state index in [-0.39, 0.29) is 5.56 Å². The highest BCUT2D eigenvalue weighted by molar-refractivity contribution is 6.33. The third-order valence-corrected chi connectivity index (χ3v) is 3.39. The molecule has 0 aliphatic carbocycles. The second-order valence-corrected chi connectivity index (χ2v) is 4.93. The Morgan fingerprint density at radius 3 is 2.68 bits per heavy atom. The lowest BCUT2D eigenvalue weighted by Crippen LogP contribution is -2.15. The largest absolute Gasteiger partial charge is 0.320 e. The van der Waals surface area contributed by atoms with Crippen molar-refractivity contribution >= 4 is 23.2 Å². The number of anilines is 1. The van der Waals surface area contributed by atoms with E-state index in [2.05, 4.69) is 10.4 Å². The summed E-state index contributed by atoms with van der Waals surface area (Å²) in [5.41, 5.74) is 0.942. The summed E-state index contributed by atoms with van der Waals surface area (Å²) < 4.78 is 15.2. The molecule has 0 bridgehead atoms. The van der Waals surface area contributed by atoms with Gasteiger partial charge in [0.05, 0.1) is 16.3 Å². The van der Waals surface area contributed by atoms with Crippen LogP contribution in [0.25, 0.3) is 5.69 Å². The maximum Gasteiger partial charge on any atom is 0.258 e. The Balaban J connectivity index is 1.98. The number of amides is 1. The average molecular weight is 316 g/mol. The molecule has 4 nitrogen and oxygen atoms in total. The zero-order valence-electron chi connectivity index (χ0n) is 11.3. The molecule has 110 valence electrons. The number of halogens is 2. The number of aromatic nitrogens is 2. The summed E-state index contributed by atoms with van der Waals surface area (Å²) in [4.78, 5) is 12.2. The van der Waals surface area contributed by atoms with Gasteiger partial charge in [-0.05, 0) is 30.3 Å². The fourth-order valence-electron chi connectivity index (χ4n) is 2.09. The summed E-state index contributed by atoms with van der Waals surface area (Å²) in [5, 5.41) is 7.21. The Kier molecular flexibility index (Phi) is 3.89. The molecule has 0 aliphatic heterocycles. The Morgan fingerprint density at radius 1 is 1.14 bits per heavy atom. The van der Waals surface area contributed by atoms with Crippen molar-refractivity contribution in [2.45, 2.75) is 0 Å². The van der Waals surface area contributed by atoms with Crippen LogP contribution in [0.2, 0.25) is 5.02 Å². The minimum Gasteiger partial charge on any atom is -0.320 e. The molecule has 22 heavy (non-hydrogen) atoms. The summed E-state index contributed by atoms with van der Waals surface area (Å²) >= 11 is 6.20. The number of rotatable bonds is 3. The molecule has 0 saturated heterocycles. The van der Waals surface area contributed by atoms with E-state index in [4.69, 9.17) is 11.6 Å². The standard InChI is InChI=1S/C16H11ClFN3O/c17-12-6-3-8-14(15(12)21-10-4-9-19-21)20-16(22)11-5-1-2-7-13(11)18/h1-10H,(H,20,22). The van der Waals surface area contributed by atoms with E-state index in [9.17, 15) is 9.18 Å². The van der Waals surface area contributed by atoms with Crippen molar-refractivity contribution in [2.75, 3.05) is 5.32 Å². The van der Waals surface area contributed by atoms with Crippen LogP contribution in [0.15, 0.2) is 60.9 Å². The minimum atomic E-state index is -0.581. The number of nitrogens with one attached hydrogen (secondary N) is 1. The van der Waals surface area contributed by atoms with Crippen molar-refractivity contribution in [1.82, 2.24) is 9.78 Å². The van der Waals surface area contributed by atoms with Gasteiger partial charge in [0.2, 0.25) is 0 Å². The molecule has 6 heteroatoms. The smallest absolute Gasteiger partial charge is 0.258 e. The van der Waals surface area contributed by atoms with Crippen LogP contribution in [-0.4, -0.2) is 15.7 Å². The van der Waals surface area contributed by atoms with E-state index in [1.807, 2.05) is 0 Å². The van der Waals surface area contributed by atoms with Crippen LogP contribution < -0.4 is 5.32 Å². The SMILES string of the molecule is O=C(Nc1cccc(Cl)c1-n1cccn1)c1ccccc1F. The molecule has 0 fully saturated rings. The zero-order valence-corrected chi connectivity index (χ0v) is 12.1. The van der Waals surface area contributed by atoms with Crippen LogP contribution in [0, 0.1) is 5.82 Å². The van der Waals surface area contributed by atoms with Crippen LogP contribution in [0.5, 0.6) is 0 Å². The van der Waals surface area contributed by atoms with Crippen LogP contribution in [0.1, 0.15) is 10.4 Å². The first-order valence-electron chi connectivity index (χ1n) is 6.51. The van der Waals surface area contributed by atoms with Crippen LogP contribution in [-0.2, 0) is 0 Å². The van der Waals surface area contributed by atoms with Crippen LogP contribution in [0.3, 0.4) is 0 Å². The topological polar surface area (TPSA) is 46.9 Å². The number of carbonyl (C=O) groups excluding carboxylic acids is 1. The molecule has 0 saturated carbocycles. The third-order valence-electron chi connectivity index (χ3n) is 3.09. The molecular weight excluding hydrogens is 305 g/mol. The molecule has 0 atom stereocenters. The number of hydrogen-bond acceptors (Lipinski definition) is 2.